The first-order valence-electron chi connectivity index (χ1n) is 4.43. The second-order valence-corrected chi connectivity index (χ2v) is 3.39. The van der Waals surface area contributed by atoms with E-state index in [1.807, 2.05) is 6.07 Å². The lowest BCUT2D eigenvalue weighted by atomic mass is 10.1. The molecule has 0 radical (unpaired) electrons. The molecule has 16 heavy (non-hydrogen) atoms. The van der Waals surface area contributed by atoms with E-state index in [-0.39, 0.29) is 16.6 Å². The topological polar surface area (TPSA) is 69.8 Å². The molecule has 2 aromatic rings. The molecule has 0 aliphatic rings. The van der Waals surface area contributed by atoms with Gasteiger partial charge >= 0.3 is 0 Å². The Hall–Kier alpha value is -2.12. The second-order valence-electron chi connectivity index (χ2n) is 3.05. The summed E-state index contributed by atoms with van der Waals surface area (Å²) in [5, 5.41) is 18.3. The van der Waals surface area contributed by atoms with Crippen molar-refractivity contribution in [2.75, 3.05) is 0 Å². The minimum absolute atomic E-state index is 0.0496. The van der Waals surface area contributed by atoms with Crippen molar-refractivity contribution in [1.29, 1.82) is 5.26 Å². The Balaban J connectivity index is 2.54. The Bertz CT molecular complexity index is 578. The van der Waals surface area contributed by atoms with Crippen LogP contribution in [0, 0.1) is 11.3 Å². The third-order valence-corrected chi connectivity index (χ3v) is 2.22. The summed E-state index contributed by atoms with van der Waals surface area (Å²) in [6.45, 7) is 0. The fourth-order valence-electron chi connectivity index (χ4n) is 1.28. The monoisotopic (exact) mass is 231 g/mol. The summed E-state index contributed by atoms with van der Waals surface area (Å²) >= 11 is 5.66. The van der Waals surface area contributed by atoms with Gasteiger partial charge in [-0.15, -0.1) is 0 Å². The van der Waals surface area contributed by atoms with Gasteiger partial charge in [0, 0.05) is 11.8 Å². The maximum atomic E-state index is 9.36. The molecular formula is C11H6ClN3O. The number of nitrogens with zero attached hydrogens (tertiary/aromatic N) is 3. The van der Waals surface area contributed by atoms with Crippen molar-refractivity contribution in [3.8, 4) is 23.1 Å². The predicted octanol–water partition coefficient (Wildman–Crippen LogP) is 2.37. The van der Waals surface area contributed by atoms with Crippen molar-refractivity contribution in [2.24, 2.45) is 0 Å². The van der Waals surface area contributed by atoms with E-state index >= 15 is 0 Å². The first kappa shape index (κ1) is 10.4. The Morgan fingerprint density at radius 2 is 2.12 bits per heavy atom. The van der Waals surface area contributed by atoms with Crippen LogP contribution in [0.25, 0.3) is 11.3 Å². The highest BCUT2D eigenvalue weighted by Crippen LogP contribution is 2.24. The predicted molar refractivity (Wildman–Crippen MR) is 58.9 cm³/mol. The zero-order chi connectivity index (χ0) is 11.5. The van der Waals surface area contributed by atoms with Crippen LogP contribution in [0.2, 0.25) is 5.28 Å². The van der Waals surface area contributed by atoms with Crippen molar-refractivity contribution in [1.82, 2.24) is 9.97 Å². The lowest BCUT2D eigenvalue weighted by Gasteiger charge is -2.02. The van der Waals surface area contributed by atoms with Crippen LogP contribution < -0.4 is 0 Å². The number of benzene rings is 1. The number of hydrogen-bond donors (Lipinski definition) is 1. The molecule has 1 N–H and O–H groups in total. The molecule has 5 heteroatoms. The van der Waals surface area contributed by atoms with Crippen LogP contribution in [0.3, 0.4) is 0 Å². The highest BCUT2D eigenvalue weighted by Gasteiger charge is 2.05. The van der Waals surface area contributed by atoms with Crippen molar-refractivity contribution >= 4 is 11.6 Å². The minimum atomic E-state index is -0.0496. The van der Waals surface area contributed by atoms with E-state index in [0.717, 1.165) is 0 Å². The van der Waals surface area contributed by atoms with Crippen LogP contribution in [0.5, 0.6) is 5.75 Å². The smallest absolute Gasteiger partial charge is 0.222 e. The maximum Gasteiger partial charge on any atom is 0.222 e. The molecule has 1 heterocycles. The average Bonchev–Trinajstić information content (AvgIpc) is 2.29. The summed E-state index contributed by atoms with van der Waals surface area (Å²) in [5.74, 6) is -0.0496. The molecule has 2 rings (SSSR count). The summed E-state index contributed by atoms with van der Waals surface area (Å²) in [5.41, 5.74) is 1.52. The van der Waals surface area contributed by atoms with Crippen LogP contribution >= 0.6 is 11.6 Å². The Morgan fingerprint density at radius 1 is 1.31 bits per heavy atom. The van der Waals surface area contributed by atoms with E-state index in [0.29, 0.717) is 11.3 Å². The van der Waals surface area contributed by atoms with E-state index in [1.54, 1.807) is 18.2 Å². The van der Waals surface area contributed by atoms with Crippen LogP contribution in [-0.2, 0) is 0 Å². The summed E-state index contributed by atoms with van der Waals surface area (Å²) < 4.78 is 0. The molecule has 0 spiro atoms. The van der Waals surface area contributed by atoms with Crippen LogP contribution in [-0.4, -0.2) is 15.1 Å². The van der Waals surface area contributed by atoms with Crippen LogP contribution in [0.4, 0.5) is 0 Å². The number of nitriles is 1. The largest absolute Gasteiger partial charge is 0.507 e. The number of aromatic nitrogens is 2. The van der Waals surface area contributed by atoms with Gasteiger partial charge in [-0.05, 0) is 35.9 Å². The molecule has 0 fully saturated rings. The van der Waals surface area contributed by atoms with Crippen molar-refractivity contribution in [3.05, 3.63) is 41.3 Å². The zero-order valence-electron chi connectivity index (χ0n) is 8.05. The van der Waals surface area contributed by atoms with Gasteiger partial charge in [0.2, 0.25) is 5.28 Å². The number of halogens is 1. The van der Waals surface area contributed by atoms with Crippen LogP contribution in [0.1, 0.15) is 5.56 Å². The van der Waals surface area contributed by atoms with Gasteiger partial charge in [0.1, 0.15) is 11.8 Å². The molecule has 0 saturated carbocycles. The number of rotatable bonds is 1. The highest BCUT2D eigenvalue weighted by molar-refractivity contribution is 6.28. The number of phenolic OH excluding ortho intramolecular Hbond substituents is 1. The second kappa shape index (κ2) is 4.17. The van der Waals surface area contributed by atoms with Gasteiger partial charge in [-0.3, -0.25) is 0 Å². The molecule has 1 aromatic heterocycles. The summed E-state index contributed by atoms with van der Waals surface area (Å²) in [7, 11) is 0. The molecule has 4 nitrogen and oxygen atoms in total. The van der Waals surface area contributed by atoms with Gasteiger partial charge in [0.15, 0.2) is 0 Å². The molecule has 1 aromatic carbocycles. The molecular weight excluding hydrogens is 226 g/mol. The molecule has 0 bridgehead atoms. The Morgan fingerprint density at radius 3 is 2.81 bits per heavy atom. The minimum Gasteiger partial charge on any atom is -0.507 e. The van der Waals surface area contributed by atoms with Gasteiger partial charge in [-0.1, -0.05) is 0 Å². The lowest BCUT2D eigenvalue weighted by Crippen LogP contribution is -1.87. The van der Waals surface area contributed by atoms with E-state index in [1.165, 1.54) is 12.3 Å². The molecule has 0 aliphatic carbocycles. The fraction of sp³-hybridized carbons (Fsp3) is 0. The molecule has 0 amide bonds. The van der Waals surface area contributed by atoms with Crippen molar-refractivity contribution in [2.45, 2.75) is 0 Å². The van der Waals surface area contributed by atoms with Gasteiger partial charge in [0.25, 0.3) is 0 Å². The molecule has 78 valence electrons. The molecule has 0 aliphatic heterocycles. The SMILES string of the molecule is N#Cc1cc(-c2ccnc(Cl)n2)ccc1O. The van der Waals surface area contributed by atoms with Gasteiger partial charge in [0.05, 0.1) is 11.3 Å². The summed E-state index contributed by atoms with van der Waals surface area (Å²) in [4.78, 5) is 7.78. The normalized spacial score (nSPS) is 9.75. The summed E-state index contributed by atoms with van der Waals surface area (Å²) in [6, 6.07) is 8.23. The quantitative estimate of drug-likeness (QED) is 0.765. The zero-order valence-corrected chi connectivity index (χ0v) is 8.81. The molecule has 0 unspecified atom stereocenters. The lowest BCUT2D eigenvalue weighted by molar-refractivity contribution is 0.473. The van der Waals surface area contributed by atoms with E-state index in [4.69, 9.17) is 16.9 Å². The third-order valence-electron chi connectivity index (χ3n) is 2.04. The summed E-state index contributed by atoms with van der Waals surface area (Å²) in [6.07, 6.45) is 1.53. The van der Waals surface area contributed by atoms with Gasteiger partial charge in [-0.25, -0.2) is 9.97 Å². The Kier molecular flexibility index (Phi) is 2.71. The Labute approximate surface area is 96.8 Å². The fourth-order valence-corrected chi connectivity index (χ4v) is 1.43. The first-order valence-corrected chi connectivity index (χ1v) is 4.80. The molecule has 0 saturated heterocycles. The van der Waals surface area contributed by atoms with Gasteiger partial charge in [-0.2, -0.15) is 5.26 Å². The average molecular weight is 232 g/mol. The molecule has 0 atom stereocenters. The van der Waals surface area contributed by atoms with E-state index < -0.39 is 0 Å². The van der Waals surface area contributed by atoms with Crippen molar-refractivity contribution < 1.29 is 5.11 Å². The van der Waals surface area contributed by atoms with E-state index in [2.05, 4.69) is 9.97 Å². The third kappa shape index (κ3) is 1.95. The van der Waals surface area contributed by atoms with Crippen molar-refractivity contribution in [3.63, 3.8) is 0 Å². The highest BCUT2D eigenvalue weighted by atomic mass is 35.5. The van der Waals surface area contributed by atoms with Crippen LogP contribution in [0.15, 0.2) is 30.5 Å². The standard InChI is InChI=1S/C11H6ClN3O/c12-11-14-4-3-9(15-11)7-1-2-10(16)8(5-7)6-13/h1-5,16H. The number of hydrogen-bond acceptors (Lipinski definition) is 4. The number of phenols is 1. The maximum absolute atomic E-state index is 9.36. The van der Waals surface area contributed by atoms with E-state index in [9.17, 15) is 5.11 Å². The first-order chi connectivity index (χ1) is 7.70. The number of aromatic hydroxyl groups is 1. The van der Waals surface area contributed by atoms with Gasteiger partial charge < -0.3 is 5.11 Å².